The summed E-state index contributed by atoms with van der Waals surface area (Å²) in [5, 5.41) is 0.331. The first-order chi connectivity index (χ1) is 15.4. The highest BCUT2D eigenvalue weighted by Gasteiger charge is 2.36. The first-order valence-electron chi connectivity index (χ1n) is 10.1. The molecule has 0 aliphatic carbocycles. The van der Waals surface area contributed by atoms with E-state index in [0.717, 1.165) is 11.1 Å². The number of benzene rings is 3. The minimum Gasteiger partial charge on any atom is -0.459 e. The summed E-state index contributed by atoms with van der Waals surface area (Å²) in [4.78, 5) is 39.1. The summed E-state index contributed by atoms with van der Waals surface area (Å²) in [5.41, 5.74) is 8.67. The number of halogens is 1. The van der Waals surface area contributed by atoms with Crippen LogP contribution in [0.5, 0.6) is 0 Å². The molecular weight excluding hydrogens is 428 g/mol. The Hall–Kier alpha value is -3.64. The van der Waals surface area contributed by atoms with E-state index in [1.807, 2.05) is 24.3 Å². The van der Waals surface area contributed by atoms with Gasteiger partial charge in [0.2, 0.25) is 5.91 Å². The van der Waals surface area contributed by atoms with E-state index in [0.29, 0.717) is 28.1 Å². The normalized spacial score (nSPS) is 15.0. The number of nitrogens with zero attached hydrogens (tertiary/aromatic N) is 1. The van der Waals surface area contributed by atoms with Gasteiger partial charge >= 0.3 is 5.97 Å². The zero-order valence-electron chi connectivity index (χ0n) is 17.2. The molecule has 0 fully saturated rings. The second-order valence-corrected chi connectivity index (χ2v) is 7.98. The van der Waals surface area contributed by atoms with Gasteiger partial charge in [0.25, 0.3) is 5.91 Å². The van der Waals surface area contributed by atoms with E-state index in [2.05, 4.69) is 0 Å². The summed E-state index contributed by atoms with van der Waals surface area (Å²) in [7, 11) is 0. The summed E-state index contributed by atoms with van der Waals surface area (Å²) in [6.07, 6.45) is 0.353. The molecule has 4 rings (SSSR count). The molecule has 0 unspecified atom stereocenters. The van der Waals surface area contributed by atoms with Gasteiger partial charge in [-0.25, -0.2) is 4.79 Å². The van der Waals surface area contributed by atoms with Gasteiger partial charge in [-0.3, -0.25) is 9.59 Å². The molecule has 1 aliphatic rings. The van der Waals surface area contributed by atoms with Crippen molar-refractivity contribution in [1.29, 1.82) is 0 Å². The van der Waals surface area contributed by atoms with Crippen molar-refractivity contribution in [3.8, 4) is 0 Å². The largest absolute Gasteiger partial charge is 0.459 e. The van der Waals surface area contributed by atoms with E-state index in [9.17, 15) is 14.4 Å². The van der Waals surface area contributed by atoms with Crippen molar-refractivity contribution >= 4 is 29.4 Å². The maximum absolute atomic E-state index is 13.3. The Balaban J connectivity index is 1.56. The van der Waals surface area contributed by atoms with Gasteiger partial charge in [-0.05, 0) is 41.0 Å². The quantitative estimate of drug-likeness (QED) is 0.602. The molecule has 1 heterocycles. The second-order valence-electron chi connectivity index (χ2n) is 7.57. The van der Waals surface area contributed by atoms with Gasteiger partial charge in [0.15, 0.2) is 0 Å². The molecular formula is C25H21ClN2O4. The fourth-order valence-electron chi connectivity index (χ4n) is 3.75. The van der Waals surface area contributed by atoms with Crippen molar-refractivity contribution in [1.82, 2.24) is 4.90 Å². The average Bonchev–Trinajstić information content (AvgIpc) is 2.81. The highest BCUT2D eigenvalue weighted by molar-refractivity contribution is 6.33. The van der Waals surface area contributed by atoms with E-state index in [4.69, 9.17) is 22.1 Å². The number of carbonyl (C=O) groups excluding carboxylic acids is 3. The highest BCUT2D eigenvalue weighted by atomic mass is 35.5. The van der Waals surface area contributed by atoms with Crippen molar-refractivity contribution in [2.45, 2.75) is 25.6 Å². The van der Waals surface area contributed by atoms with Crippen LogP contribution in [-0.4, -0.2) is 28.7 Å². The third-order valence-electron chi connectivity index (χ3n) is 5.51. The Bertz CT molecular complexity index is 1180. The van der Waals surface area contributed by atoms with Gasteiger partial charge in [0.1, 0.15) is 12.6 Å². The lowest BCUT2D eigenvalue weighted by atomic mass is 9.93. The lowest BCUT2D eigenvalue weighted by Crippen LogP contribution is -2.49. The summed E-state index contributed by atoms with van der Waals surface area (Å²) < 4.78 is 5.55. The molecule has 6 nitrogen and oxygen atoms in total. The number of amides is 2. The summed E-state index contributed by atoms with van der Waals surface area (Å²) in [5.74, 6) is -1.35. The van der Waals surface area contributed by atoms with Crippen molar-refractivity contribution in [3.63, 3.8) is 0 Å². The van der Waals surface area contributed by atoms with Crippen LogP contribution in [0.1, 0.15) is 37.4 Å². The molecule has 3 aromatic carbocycles. The fraction of sp³-hybridized carbons (Fsp3) is 0.160. The lowest BCUT2D eigenvalue weighted by molar-refractivity contribution is -0.151. The van der Waals surface area contributed by atoms with Crippen LogP contribution in [0.15, 0.2) is 72.8 Å². The molecule has 162 valence electrons. The molecule has 7 heteroatoms. The van der Waals surface area contributed by atoms with Crippen molar-refractivity contribution in [2.75, 3.05) is 0 Å². The molecule has 0 spiro atoms. The number of hydrogen-bond acceptors (Lipinski definition) is 4. The maximum Gasteiger partial charge on any atom is 0.329 e. The molecule has 1 atom stereocenters. The SMILES string of the molecule is NC(=O)c1ccc(COC(=O)[C@H]2Cc3ccccc3CN2C(=O)c2ccccc2Cl)cc1. The molecule has 0 saturated heterocycles. The number of nitrogens with two attached hydrogens (primary N) is 1. The standard InChI is InChI=1S/C25H21ClN2O4/c26-21-8-4-3-7-20(21)24(30)28-14-19-6-2-1-5-18(19)13-22(28)25(31)32-15-16-9-11-17(12-10-16)23(27)29/h1-12,22H,13-15H2,(H2,27,29)/t22-/m1/s1. The Morgan fingerprint density at radius 1 is 0.938 bits per heavy atom. The number of rotatable bonds is 5. The lowest BCUT2D eigenvalue weighted by Gasteiger charge is -2.35. The van der Waals surface area contributed by atoms with E-state index in [-0.39, 0.29) is 19.1 Å². The van der Waals surface area contributed by atoms with Crippen molar-refractivity contribution in [2.24, 2.45) is 5.73 Å². The molecule has 0 aromatic heterocycles. The van der Waals surface area contributed by atoms with Gasteiger partial charge in [0, 0.05) is 18.5 Å². The topological polar surface area (TPSA) is 89.7 Å². The average molecular weight is 449 g/mol. The highest BCUT2D eigenvalue weighted by Crippen LogP contribution is 2.28. The maximum atomic E-state index is 13.3. The van der Waals surface area contributed by atoms with E-state index in [1.54, 1.807) is 48.5 Å². The summed E-state index contributed by atoms with van der Waals surface area (Å²) >= 11 is 6.25. The van der Waals surface area contributed by atoms with E-state index in [1.165, 1.54) is 4.90 Å². The van der Waals surface area contributed by atoms with Crippen molar-refractivity contribution < 1.29 is 19.1 Å². The Kier molecular flexibility index (Phi) is 6.23. The first-order valence-corrected chi connectivity index (χ1v) is 10.5. The Morgan fingerprint density at radius 3 is 2.28 bits per heavy atom. The summed E-state index contributed by atoms with van der Waals surface area (Å²) in [6.45, 7) is 0.303. The van der Waals surface area contributed by atoms with Crippen LogP contribution in [0.2, 0.25) is 5.02 Å². The van der Waals surface area contributed by atoms with Gasteiger partial charge in [-0.15, -0.1) is 0 Å². The van der Waals surface area contributed by atoms with Crippen molar-refractivity contribution in [3.05, 3.63) is 106 Å². The molecule has 32 heavy (non-hydrogen) atoms. The molecule has 0 radical (unpaired) electrons. The van der Waals surface area contributed by atoms with Crippen LogP contribution in [0.3, 0.4) is 0 Å². The number of fused-ring (bicyclic) bond motifs is 1. The minimum atomic E-state index is -0.779. The van der Waals surface area contributed by atoms with Crippen LogP contribution < -0.4 is 5.73 Å². The molecule has 1 aliphatic heterocycles. The predicted molar refractivity (Wildman–Crippen MR) is 120 cm³/mol. The van der Waals surface area contributed by atoms with E-state index < -0.39 is 17.9 Å². The van der Waals surface area contributed by atoms with Gasteiger partial charge in [-0.2, -0.15) is 0 Å². The smallest absolute Gasteiger partial charge is 0.329 e. The van der Waals surface area contributed by atoms with Gasteiger partial charge in [-0.1, -0.05) is 60.1 Å². The summed E-state index contributed by atoms with van der Waals surface area (Å²) in [6, 6.07) is 20.2. The number of hydrogen-bond donors (Lipinski definition) is 1. The molecule has 2 amide bonds. The van der Waals surface area contributed by atoms with E-state index >= 15 is 0 Å². The number of esters is 1. The minimum absolute atomic E-state index is 0.0180. The van der Waals surface area contributed by atoms with Gasteiger partial charge < -0.3 is 15.4 Å². The Labute approximate surface area is 190 Å². The zero-order chi connectivity index (χ0) is 22.7. The predicted octanol–water partition coefficient (Wildman–Crippen LogP) is 3.75. The van der Waals surface area contributed by atoms with Crippen LogP contribution in [0, 0.1) is 0 Å². The van der Waals surface area contributed by atoms with Crippen LogP contribution in [0.25, 0.3) is 0 Å². The fourth-order valence-corrected chi connectivity index (χ4v) is 3.97. The monoisotopic (exact) mass is 448 g/mol. The van der Waals surface area contributed by atoms with Crippen LogP contribution in [-0.2, 0) is 29.1 Å². The zero-order valence-corrected chi connectivity index (χ0v) is 17.9. The Morgan fingerprint density at radius 2 is 1.59 bits per heavy atom. The first kappa shape index (κ1) is 21.6. The third kappa shape index (κ3) is 4.50. The number of ether oxygens (including phenoxy) is 1. The third-order valence-corrected chi connectivity index (χ3v) is 5.83. The molecule has 0 bridgehead atoms. The molecule has 2 N–H and O–H groups in total. The molecule has 0 saturated carbocycles. The number of carbonyl (C=O) groups is 3. The van der Waals surface area contributed by atoms with Crippen LogP contribution in [0.4, 0.5) is 0 Å². The second kappa shape index (κ2) is 9.24. The van der Waals surface area contributed by atoms with Crippen LogP contribution >= 0.6 is 11.6 Å². The van der Waals surface area contributed by atoms with Gasteiger partial charge in [0.05, 0.1) is 10.6 Å². The number of primary amides is 1. The molecule has 3 aromatic rings.